The number of carbonyl (C=O) groups is 1. The quantitative estimate of drug-likeness (QED) is 0.849. The van der Waals surface area contributed by atoms with Crippen molar-refractivity contribution in [2.24, 2.45) is 0 Å². The lowest BCUT2D eigenvalue weighted by atomic mass is 10.1. The van der Waals surface area contributed by atoms with Crippen LogP contribution in [0.25, 0.3) is 0 Å². The van der Waals surface area contributed by atoms with Crippen LogP contribution in [-0.4, -0.2) is 17.6 Å². The Balaban J connectivity index is 1.80. The lowest BCUT2D eigenvalue weighted by Gasteiger charge is -2.06. The van der Waals surface area contributed by atoms with Gasteiger partial charge in [0.1, 0.15) is 0 Å². The van der Waals surface area contributed by atoms with E-state index in [-0.39, 0.29) is 12.1 Å². The first-order chi connectivity index (χ1) is 11.4. The molecule has 0 aliphatic rings. The Hall–Kier alpha value is -3.01. The molecule has 4 nitrogen and oxygen atoms in total. The van der Waals surface area contributed by atoms with Crippen LogP contribution in [0.3, 0.4) is 0 Å². The van der Waals surface area contributed by atoms with Crippen LogP contribution in [-0.2, 0) is 12.7 Å². The van der Waals surface area contributed by atoms with Crippen molar-refractivity contribution in [3.63, 3.8) is 0 Å². The number of urea groups is 1. The molecule has 0 fully saturated rings. The van der Waals surface area contributed by atoms with E-state index in [0.29, 0.717) is 6.54 Å². The molecule has 0 unspecified atom stereocenters. The first-order valence-corrected chi connectivity index (χ1v) is 7.02. The minimum atomic E-state index is -4.40. The number of rotatable bonds is 3. The summed E-state index contributed by atoms with van der Waals surface area (Å²) in [5.74, 6) is 5.19. The number of amides is 2. The average Bonchev–Trinajstić information content (AvgIpc) is 2.57. The summed E-state index contributed by atoms with van der Waals surface area (Å²) in [5, 5.41) is 5.12. The van der Waals surface area contributed by atoms with Gasteiger partial charge in [-0.25, -0.2) is 4.79 Å². The van der Waals surface area contributed by atoms with Crippen molar-refractivity contribution in [2.75, 3.05) is 6.54 Å². The van der Waals surface area contributed by atoms with Gasteiger partial charge in [-0.2, -0.15) is 13.2 Å². The van der Waals surface area contributed by atoms with Crippen molar-refractivity contribution in [3.8, 4) is 11.8 Å². The van der Waals surface area contributed by atoms with Gasteiger partial charge in [-0.05, 0) is 29.8 Å². The van der Waals surface area contributed by atoms with Crippen LogP contribution in [0.5, 0.6) is 0 Å². The average molecular weight is 333 g/mol. The van der Waals surface area contributed by atoms with Gasteiger partial charge in [0.05, 0.1) is 12.1 Å². The smallest absolute Gasteiger partial charge is 0.334 e. The zero-order valence-electron chi connectivity index (χ0n) is 12.5. The molecule has 24 heavy (non-hydrogen) atoms. The third-order valence-electron chi connectivity index (χ3n) is 2.94. The summed E-state index contributed by atoms with van der Waals surface area (Å²) in [4.78, 5) is 15.5. The molecular weight excluding hydrogens is 319 g/mol. The summed E-state index contributed by atoms with van der Waals surface area (Å²) in [7, 11) is 0. The number of carbonyl (C=O) groups excluding carboxylic acids is 1. The Morgan fingerprint density at radius 3 is 2.71 bits per heavy atom. The molecule has 0 aliphatic carbocycles. The van der Waals surface area contributed by atoms with Crippen molar-refractivity contribution in [3.05, 3.63) is 65.5 Å². The standard InChI is InChI=1S/C17H14F3N3O/c18-17(19,20)15-7-1-4-13(10-15)5-3-9-22-16(24)23-12-14-6-2-8-21-11-14/h1-2,4,6-8,10-11H,9,12H2,(H2,22,23,24). The molecule has 2 aromatic rings. The van der Waals surface area contributed by atoms with Crippen LogP contribution in [0.1, 0.15) is 16.7 Å². The molecule has 1 aromatic heterocycles. The Labute approximate surface area is 137 Å². The fourth-order valence-corrected chi connectivity index (χ4v) is 1.79. The predicted octanol–water partition coefficient (Wildman–Crippen LogP) is 2.95. The van der Waals surface area contributed by atoms with Crippen LogP contribution in [0.2, 0.25) is 0 Å². The predicted molar refractivity (Wildman–Crippen MR) is 82.8 cm³/mol. The highest BCUT2D eigenvalue weighted by Crippen LogP contribution is 2.29. The second-order valence-corrected chi connectivity index (χ2v) is 4.78. The van der Waals surface area contributed by atoms with Gasteiger partial charge in [-0.1, -0.05) is 24.0 Å². The van der Waals surface area contributed by atoms with Crippen LogP contribution < -0.4 is 10.6 Å². The SMILES string of the molecule is O=C(NCC#Cc1cccc(C(F)(F)F)c1)NCc1cccnc1. The third-order valence-corrected chi connectivity index (χ3v) is 2.94. The van der Waals surface area contributed by atoms with E-state index in [4.69, 9.17) is 0 Å². The molecule has 2 rings (SSSR count). The van der Waals surface area contributed by atoms with Gasteiger partial charge in [0.25, 0.3) is 0 Å². The molecule has 124 valence electrons. The van der Waals surface area contributed by atoms with Crippen LogP contribution >= 0.6 is 0 Å². The molecule has 0 spiro atoms. The fourth-order valence-electron chi connectivity index (χ4n) is 1.79. The molecule has 1 aromatic carbocycles. The molecule has 0 saturated heterocycles. The maximum Gasteiger partial charge on any atom is 0.416 e. The summed E-state index contributed by atoms with van der Waals surface area (Å²) in [6.07, 6.45) is -1.14. The molecule has 2 amide bonds. The first-order valence-electron chi connectivity index (χ1n) is 7.02. The van der Waals surface area contributed by atoms with E-state index in [2.05, 4.69) is 27.5 Å². The van der Waals surface area contributed by atoms with E-state index >= 15 is 0 Å². The van der Waals surface area contributed by atoms with Gasteiger partial charge < -0.3 is 10.6 Å². The number of aromatic nitrogens is 1. The number of halogens is 3. The molecule has 0 radical (unpaired) electrons. The molecular formula is C17H14F3N3O. The molecule has 0 bridgehead atoms. The molecule has 0 saturated carbocycles. The van der Waals surface area contributed by atoms with Gasteiger partial charge in [0.15, 0.2) is 0 Å². The normalized spacial score (nSPS) is 10.5. The van der Waals surface area contributed by atoms with E-state index in [0.717, 1.165) is 17.7 Å². The van der Waals surface area contributed by atoms with E-state index in [9.17, 15) is 18.0 Å². The summed E-state index contributed by atoms with van der Waals surface area (Å²) in [6.45, 7) is 0.343. The topological polar surface area (TPSA) is 54.0 Å². The van der Waals surface area contributed by atoms with Gasteiger partial charge in [-0.3, -0.25) is 4.98 Å². The van der Waals surface area contributed by atoms with Crippen LogP contribution in [0.15, 0.2) is 48.8 Å². The number of hydrogen-bond acceptors (Lipinski definition) is 2. The number of alkyl halides is 3. The summed E-state index contributed by atoms with van der Waals surface area (Å²) >= 11 is 0. The van der Waals surface area contributed by atoms with Gasteiger partial charge in [-0.15, -0.1) is 0 Å². The zero-order chi connectivity index (χ0) is 17.4. The maximum atomic E-state index is 12.6. The highest BCUT2D eigenvalue weighted by molar-refractivity contribution is 5.74. The molecule has 7 heteroatoms. The summed E-state index contributed by atoms with van der Waals surface area (Å²) < 4.78 is 37.7. The van der Waals surface area contributed by atoms with Crippen LogP contribution in [0.4, 0.5) is 18.0 Å². The minimum Gasteiger partial charge on any atom is -0.334 e. The van der Waals surface area contributed by atoms with Gasteiger partial charge >= 0.3 is 12.2 Å². The molecule has 2 N–H and O–H groups in total. The van der Waals surface area contributed by atoms with Gasteiger partial charge in [0.2, 0.25) is 0 Å². The highest BCUT2D eigenvalue weighted by atomic mass is 19.4. The molecule has 0 atom stereocenters. The van der Waals surface area contributed by atoms with Crippen molar-refractivity contribution in [2.45, 2.75) is 12.7 Å². The van der Waals surface area contributed by atoms with Gasteiger partial charge in [0, 0.05) is 24.5 Å². The fraction of sp³-hybridized carbons (Fsp3) is 0.176. The van der Waals surface area contributed by atoms with Crippen molar-refractivity contribution < 1.29 is 18.0 Å². The molecule has 0 aliphatic heterocycles. The summed E-state index contributed by atoms with van der Waals surface area (Å²) in [6, 6.07) is 7.88. The Morgan fingerprint density at radius 2 is 2.00 bits per heavy atom. The summed E-state index contributed by atoms with van der Waals surface area (Å²) in [5.41, 5.74) is 0.335. The molecule has 1 heterocycles. The number of pyridine rings is 1. The maximum absolute atomic E-state index is 12.6. The van der Waals surface area contributed by atoms with E-state index < -0.39 is 17.8 Å². The number of benzene rings is 1. The first kappa shape index (κ1) is 17.3. The lowest BCUT2D eigenvalue weighted by molar-refractivity contribution is -0.137. The minimum absolute atomic E-state index is 0.0229. The monoisotopic (exact) mass is 333 g/mol. The van der Waals surface area contributed by atoms with Crippen molar-refractivity contribution >= 4 is 6.03 Å². The van der Waals surface area contributed by atoms with E-state index in [1.807, 2.05) is 6.07 Å². The largest absolute Gasteiger partial charge is 0.416 e. The third kappa shape index (κ3) is 5.65. The van der Waals surface area contributed by atoms with Crippen molar-refractivity contribution in [1.29, 1.82) is 0 Å². The lowest BCUT2D eigenvalue weighted by Crippen LogP contribution is -2.35. The Kier molecular flexibility index (Phi) is 5.79. The second-order valence-electron chi connectivity index (χ2n) is 4.78. The highest BCUT2D eigenvalue weighted by Gasteiger charge is 2.30. The second kappa shape index (κ2) is 8.02. The van der Waals surface area contributed by atoms with Crippen molar-refractivity contribution in [1.82, 2.24) is 15.6 Å². The number of nitrogens with zero attached hydrogens (tertiary/aromatic N) is 1. The zero-order valence-corrected chi connectivity index (χ0v) is 12.5. The Morgan fingerprint density at radius 1 is 1.17 bits per heavy atom. The van der Waals surface area contributed by atoms with E-state index in [1.165, 1.54) is 12.1 Å². The Bertz CT molecular complexity index is 749. The number of nitrogens with one attached hydrogen (secondary N) is 2. The number of hydrogen-bond donors (Lipinski definition) is 2. The van der Waals surface area contributed by atoms with Crippen LogP contribution in [0, 0.1) is 11.8 Å². The van der Waals surface area contributed by atoms with E-state index in [1.54, 1.807) is 18.5 Å².